The van der Waals surface area contributed by atoms with Crippen LogP contribution >= 0.6 is 0 Å². The molecule has 2 fully saturated rings. The Morgan fingerprint density at radius 3 is 2.95 bits per heavy atom. The fourth-order valence-electron chi connectivity index (χ4n) is 3.09. The Bertz CT molecular complexity index is 543. The van der Waals surface area contributed by atoms with Gasteiger partial charge >= 0.3 is 0 Å². The lowest BCUT2D eigenvalue weighted by Gasteiger charge is -2.33. The molecule has 1 aliphatic carbocycles. The second-order valence-corrected chi connectivity index (χ2v) is 6.44. The zero-order valence-corrected chi connectivity index (χ0v) is 13.2. The number of aryl methyl sites for hydroxylation is 1. The molecule has 0 spiro atoms. The van der Waals surface area contributed by atoms with Gasteiger partial charge in [0.1, 0.15) is 11.6 Å². The first kappa shape index (κ1) is 15.2. The average Bonchev–Trinajstić information content (AvgIpc) is 3.37. The van der Waals surface area contributed by atoms with Crippen molar-refractivity contribution >= 4 is 11.7 Å². The minimum absolute atomic E-state index is 0.323. The number of nitrogens with two attached hydrogens (primary N) is 1. The summed E-state index contributed by atoms with van der Waals surface area (Å²) in [6, 6.07) is 1.91. The van der Waals surface area contributed by atoms with Crippen molar-refractivity contribution in [2.75, 3.05) is 25.0 Å². The molecule has 2 heterocycles. The molecular weight excluding hydrogens is 278 g/mol. The molecule has 0 radical (unpaired) electrons. The Kier molecular flexibility index (Phi) is 4.57. The van der Waals surface area contributed by atoms with Crippen LogP contribution in [0.3, 0.4) is 0 Å². The highest BCUT2D eigenvalue weighted by Gasteiger charge is 2.35. The van der Waals surface area contributed by atoms with Gasteiger partial charge in [0.05, 0.1) is 5.69 Å². The monoisotopic (exact) mass is 303 g/mol. The molecule has 3 rings (SSSR count). The molecule has 1 saturated carbocycles. The smallest absolute Gasteiger partial charge is 0.225 e. The number of carbonyl (C=O) groups excluding carboxylic acids is 1. The molecule has 1 saturated heterocycles. The second kappa shape index (κ2) is 6.60. The third-order valence-electron chi connectivity index (χ3n) is 4.43. The van der Waals surface area contributed by atoms with Gasteiger partial charge in [0.15, 0.2) is 0 Å². The molecule has 1 aliphatic heterocycles. The maximum absolute atomic E-state index is 12.2. The number of piperidine rings is 1. The van der Waals surface area contributed by atoms with Crippen molar-refractivity contribution in [3.63, 3.8) is 0 Å². The van der Waals surface area contributed by atoms with Crippen molar-refractivity contribution in [3.8, 4) is 0 Å². The highest BCUT2D eigenvalue weighted by molar-refractivity contribution is 5.81. The van der Waals surface area contributed by atoms with Crippen molar-refractivity contribution in [1.82, 2.24) is 14.9 Å². The third kappa shape index (κ3) is 3.74. The van der Waals surface area contributed by atoms with Gasteiger partial charge in [-0.25, -0.2) is 9.97 Å². The molecule has 1 aromatic heterocycles. The van der Waals surface area contributed by atoms with Crippen LogP contribution in [0.15, 0.2) is 6.07 Å². The molecule has 0 aromatic carbocycles. The lowest BCUT2D eigenvalue weighted by Crippen LogP contribution is -2.42. The maximum atomic E-state index is 12.2. The Balaban J connectivity index is 1.54. The van der Waals surface area contributed by atoms with Crippen LogP contribution in [0.2, 0.25) is 0 Å². The number of nitrogens with zero attached hydrogens (tertiary/aromatic N) is 3. The fraction of sp³-hybridized carbons (Fsp3) is 0.688. The van der Waals surface area contributed by atoms with Gasteiger partial charge in [-0.15, -0.1) is 0 Å². The first-order chi connectivity index (χ1) is 10.7. The highest BCUT2D eigenvalue weighted by Crippen LogP contribution is 2.32. The average molecular weight is 303 g/mol. The molecule has 0 unspecified atom stereocenters. The summed E-state index contributed by atoms with van der Waals surface area (Å²) in [5.41, 5.74) is 6.50. The van der Waals surface area contributed by atoms with Crippen molar-refractivity contribution in [1.29, 1.82) is 0 Å². The number of rotatable bonds is 5. The molecular formula is C16H25N5O. The zero-order valence-electron chi connectivity index (χ0n) is 13.2. The van der Waals surface area contributed by atoms with E-state index in [1.54, 1.807) is 0 Å². The summed E-state index contributed by atoms with van der Waals surface area (Å²) in [4.78, 5) is 22.9. The number of aromatic nitrogens is 2. The number of likely N-dealkylation sites (tertiary alicyclic amines) is 1. The molecule has 1 aromatic rings. The zero-order chi connectivity index (χ0) is 15.5. The van der Waals surface area contributed by atoms with Crippen molar-refractivity contribution in [2.24, 2.45) is 17.6 Å². The Hall–Kier alpha value is -1.69. The number of carbonyl (C=O) groups is 1. The van der Waals surface area contributed by atoms with Gasteiger partial charge < -0.3 is 16.0 Å². The topological polar surface area (TPSA) is 84.1 Å². The van der Waals surface area contributed by atoms with Gasteiger partial charge in [0, 0.05) is 38.2 Å². The maximum Gasteiger partial charge on any atom is 0.225 e. The van der Waals surface area contributed by atoms with Crippen molar-refractivity contribution in [2.45, 2.75) is 39.2 Å². The fourth-order valence-corrected chi connectivity index (χ4v) is 3.09. The first-order valence-electron chi connectivity index (χ1n) is 8.23. The van der Waals surface area contributed by atoms with E-state index in [0.717, 1.165) is 62.7 Å². The van der Waals surface area contributed by atoms with Gasteiger partial charge in [-0.2, -0.15) is 0 Å². The highest BCUT2D eigenvalue weighted by atomic mass is 16.2. The van der Waals surface area contributed by atoms with Gasteiger partial charge in [-0.3, -0.25) is 4.79 Å². The van der Waals surface area contributed by atoms with E-state index in [-0.39, 0.29) is 0 Å². The van der Waals surface area contributed by atoms with Crippen LogP contribution in [0, 0.1) is 18.8 Å². The van der Waals surface area contributed by atoms with E-state index in [1.165, 1.54) is 0 Å². The van der Waals surface area contributed by atoms with Crippen molar-refractivity contribution in [3.05, 3.63) is 17.6 Å². The minimum atomic E-state index is 0.323. The number of amides is 1. The summed E-state index contributed by atoms with van der Waals surface area (Å²) in [5.74, 6) is 2.75. The minimum Gasteiger partial charge on any atom is -0.370 e. The van der Waals surface area contributed by atoms with E-state index in [4.69, 9.17) is 5.73 Å². The lowest BCUT2D eigenvalue weighted by molar-refractivity contribution is -0.134. The number of hydrogen-bond acceptors (Lipinski definition) is 5. The molecule has 6 nitrogen and oxygen atoms in total. The van der Waals surface area contributed by atoms with E-state index in [1.807, 2.05) is 13.0 Å². The summed E-state index contributed by atoms with van der Waals surface area (Å²) >= 11 is 0. The normalized spacial score (nSPS) is 21.7. The summed E-state index contributed by atoms with van der Waals surface area (Å²) in [6.45, 7) is 4.94. The van der Waals surface area contributed by atoms with Crippen molar-refractivity contribution < 1.29 is 4.79 Å². The second-order valence-electron chi connectivity index (χ2n) is 6.44. The molecule has 1 atom stereocenters. The van der Waals surface area contributed by atoms with E-state index in [9.17, 15) is 4.79 Å². The Labute approximate surface area is 131 Å². The number of hydrogen-bond donors (Lipinski definition) is 2. The van der Waals surface area contributed by atoms with Crippen LogP contribution in [0.1, 0.15) is 37.2 Å². The lowest BCUT2D eigenvalue weighted by atomic mass is 9.97. The van der Waals surface area contributed by atoms with Gasteiger partial charge in [-0.05, 0) is 38.5 Å². The molecule has 6 heteroatoms. The molecule has 1 amide bonds. The van der Waals surface area contributed by atoms with Crippen LogP contribution in [0.5, 0.6) is 0 Å². The predicted octanol–water partition coefficient (Wildman–Crippen LogP) is 1.30. The van der Waals surface area contributed by atoms with E-state index in [2.05, 4.69) is 20.2 Å². The van der Waals surface area contributed by atoms with E-state index < -0.39 is 0 Å². The third-order valence-corrected chi connectivity index (χ3v) is 4.43. The molecule has 0 bridgehead atoms. The molecule has 2 aliphatic rings. The van der Waals surface area contributed by atoms with Crippen LogP contribution in [-0.4, -0.2) is 40.4 Å². The number of nitrogens with one attached hydrogen (secondary N) is 1. The number of anilines is 1. The van der Waals surface area contributed by atoms with Crippen LogP contribution in [-0.2, 0) is 11.3 Å². The Morgan fingerprint density at radius 2 is 2.23 bits per heavy atom. The standard InChI is InChI=1S/C16H25N5O/c1-11-19-14(8-17)7-15(20-11)18-9-12-3-2-6-21(10-12)16(22)13-4-5-13/h7,12-13H,2-6,8-10,17H2,1H3,(H,18,19,20)/t12-/m1/s1. The van der Waals surface area contributed by atoms with E-state index >= 15 is 0 Å². The van der Waals surface area contributed by atoms with Gasteiger partial charge in [0.2, 0.25) is 5.91 Å². The van der Waals surface area contributed by atoms with Gasteiger partial charge in [-0.1, -0.05) is 0 Å². The quantitative estimate of drug-likeness (QED) is 0.856. The van der Waals surface area contributed by atoms with Crippen LogP contribution in [0.25, 0.3) is 0 Å². The SMILES string of the molecule is Cc1nc(CN)cc(NC[C@H]2CCCN(C(=O)C3CC3)C2)n1. The summed E-state index contributed by atoms with van der Waals surface area (Å²) in [7, 11) is 0. The molecule has 3 N–H and O–H groups in total. The molecule has 22 heavy (non-hydrogen) atoms. The van der Waals surface area contributed by atoms with Crippen LogP contribution in [0.4, 0.5) is 5.82 Å². The summed E-state index contributed by atoms with van der Waals surface area (Å²) < 4.78 is 0. The predicted molar refractivity (Wildman–Crippen MR) is 85.2 cm³/mol. The Morgan fingerprint density at radius 1 is 1.41 bits per heavy atom. The summed E-state index contributed by atoms with van der Waals surface area (Å²) in [5, 5.41) is 3.39. The molecule has 120 valence electrons. The summed E-state index contributed by atoms with van der Waals surface area (Å²) in [6.07, 6.45) is 4.43. The first-order valence-corrected chi connectivity index (χ1v) is 8.23. The van der Waals surface area contributed by atoms with E-state index in [0.29, 0.717) is 24.3 Å². The van der Waals surface area contributed by atoms with Crippen LogP contribution < -0.4 is 11.1 Å². The largest absolute Gasteiger partial charge is 0.370 e. The van der Waals surface area contributed by atoms with Gasteiger partial charge in [0.25, 0.3) is 0 Å².